The van der Waals surface area contributed by atoms with Crippen molar-refractivity contribution in [2.75, 3.05) is 19.6 Å². The van der Waals surface area contributed by atoms with E-state index in [0.29, 0.717) is 13.1 Å². The maximum Gasteiger partial charge on any atom is 1.00 e. The number of piperazine rings is 1. The zero-order valence-electron chi connectivity index (χ0n) is 6.02. The van der Waals surface area contributed by atoms with Gasteiger partial charge in [0.05, 0.1) is 12.0 Å². The van der Waals surface area contributed by atoms with Crippen molar-refractivity contribution in [3.63, 3.8) is 0 Å². The molecule has 0 bridgehead atoms. The number of hydrogen-bond donors (Lipinski definition) is 2. The predicted octanol–water partition coefficient (Wildman–Crippen LogP) is -5.70. The molecule has 0 aromatic carbocycles. The first kappa shape index (κ1) is 11.2. The van der Waals surface area contributed by atoms with Crippen molar-refractivity contribution in [1.29, 1.82) is 0 Å². The molecule has 0 aromatic rings. The van der Waals surface area contributed by atoms with E-state index in [1.165, 1.54) is 0 Å². The second kappa shape index (κ2) is 5.80. The fourth-order valence-electron chi connectivity index (χ4n) is 0.820. The Morgan fingerprint density at radius 2 is 2.20 bits per heavy atom. The molecule has 1 fully saturated rings. The summed E-state index contributed by atoms with van der Waals surface area (Å²) in [5.41, 5.74) is 0. The standard InChI is InChI=1S/C5H10N2O2.Rb/c8-5(9)4-3-6-1-2-7-4;/h4,6-7H,1-3H2,(H,8,9);/q;+1/p-1. The van der Waals surface area contributed by atoms with Gasteiger partial charge in [0, 0.05) is 19.6 Å². The minimum absolute atomic E-state index is 0. The van der Waals surface area contributed by atoms with E-state index in [1.54, 1.807) is 0 Å². The van der Waals surface area contributed by atoms with Gasteiger partial charge in [-0.05, 0) is 0 Å². The molecular formula is C5H9N2O2Rb. The van der Waals surface area contributed by atoms with Crippen molar-refractivity contribution in [1.82, 2.24) is 10.6 Å². The van der Waals surface area contributed by atoms with Gasteiger partial charge in [0.25, 0.3) is 0 Å². The summed E-state index contributed by atoms with van der Waals surface area (Å²) in [5.74, 6) is -1.03. The number of carbonyl (C=O) groups is 1. The molecule has 0 aromatic heterocycles. The van der Waals surface area contributed by atoms with E-state index in [1.807, 2.05) is 0 Å². The first-order valence-corrected chi connectivity index (χ1v) is 2.95. The molecule has 4 nitrogen and oxygen atoms in total. The fourth-order valence-corrected chi connectivity index (χ4v) is 0.820. The quantitative estimate of drug-likeness (QED) is 0.457. The number of carbonyl (C=O) groups excluding carboxylic acids is 1. The third-order valence-electron chi connectivity index (χ3n) is 1.33. The largest absolute Gasteiger partial charge is 1.00 e. The van der Waals surface area contributed by atoms with E-state index in [-0.39, 0.29) is 58.2 Å². The second-order valence-corrected chi connectivity index (χ2v) is 2.03. The third kappa shape index (κ3) is 3.55. The van der Waals surface area contributed by atoms with Gasteiger partial charge in [0.1, 0.15) is 0 Å². The average Bonchev–Trinajstić information content (AvgIpc) is 1.90. The van der Waals surface area contributed by atoms with E-state index in [0.717, 1.165) is 6.54 Å². The van der Waals surface area contributed by atoms with Crippen LogP contribution >= 0.6 is 0 Å². The molecule has 1 unspecified atom stereocenters. The van der Waals surface area contributed by atoms with Crippen molar-refractivity contribution in [3.8, 4) is 0 Å². The summed E-state index contributed by atoms with van der Waals surface area (Å²) in [6, 6.07) is -0.501. The minimum Gasteiger partial charge on any atom is -0.548 e. The molecule has 1 heterocycles. The molecule has 1 atom stereocenters. The van der Waals surface area contributed by atoms with E-state index in [2.05, 4.69) is 10.6 Å². The van der Waals surface area contributed by atoms with Crippen LogP contribution < -0.4 is 73.9 Å². The Labute approximate surface area is 109 Å². The van der Waals surface area contributed by atoms with Crippen LogP contribution in [-0.2, 0) is 4.79 Å². The van der Waals surface area contributed by atoms with Crippen molar-refractivity contribution in [2.24, 2.45) is 0 Å². The van der Waals surface area contributed by atoms with Crippen LogP contribution in [0.2, 0.25) is 0 Å². The first-order chi connectivity index (χ1) is 4.30. The molecule has 0 amide bonds. The smallest absolute Gasteiger partial charge is 0.548 e. The van der Waals surface area contributed by atoms with E-state index in [9.17, 15) is 9.90 Å². The number of rotatable bonds is 1. The molecule has 1 rings (SSSR count). The Morgan fingerprint density at radius 1 is 1.50 bits per heavy atom. The van der Waals surface area contributed by atoms with Gasteiger partial charge in [0.2, 0.25) is 0 Å². The molecule has 0 spiro atoms. The normalized spacial score (nSPS) is 25.0. The molecule has 1 aliphatic rings. The molecule has 1 saturated heterocycles. The Balaban J connectivity index is 0.000000810. The summed E-state index contributed by atoms with van der Waals surface area (Å²) in [4.78, 5) is 10.1. The molecule has 1 aliphatic heterocycles. The van der Waals surface area contributed by atoms with Crippen LogP contribution in [0.5, 0.6) is 0 Å². The summed E-state index contributed by atoms with van der Waals surface area (Å²) in [5, 5.41) is 15.9. The van der Waals surface area contributed by atoms with Gasteiger partial charge in [-0.3, -0.25) is 0 Å². The van der Waals surface area contributed by atoms with Crippen molar-refractivity contribution in [2.45, 2.75) is 6.04 Å². The molecule has 0 saturated carbocycles. The molecule has 0 radical (unpaired) electrons. The summed E-state index contributed by atoms with van der Waals surface area (Å²) in [6.07, 6.45) is 0. The van der Waals surface area contributed by atoms with Gasteiger partial charge in [-0.2, -0.15) is 0 Å². The van der Waals surface area contributed by atoms with Gasteiger partial charge in [0.15, 0.2) is 0 Å². The van der Waals surface area contributed by atoms with E-state index in [4.69, 9.17) is 0 Å². The maximum atomic E-state index is 10.1. The predicted molar refractivity (Wildman–Crippen MR) is 29.7 cm³/mol. The first-order valence-electron chi connectivity index (χ1n) is 2.95. The molecule has 0 aliphatic carbocycles. The molecule has 52 valence electrons. The van der Waals surface area contributed by atoms with Crippen LogP contribution in [0.15, 0.2) is 0 Å². The SMILES string of the molecule is O=C([O-])C1CNCCN1.[Rb+]. The monoisotopic (exact) mass is 214 g/mol. The van der Waals surface area contributed by atoms with Crippen molar-refractivity contribution >= 4 is 5.97 Å². The van der Waals surface area contributed by atoms with Crippen molar-refractivity contribution < 1.29 is 68.1 Å². The second-order valence-electron chi connectivity index (χ2n) is 2.03. The van der Waals surface area contributed by atoms with Gasteiger partial charge in [-0.25, -0.2) is 0 Å². The summed E-state index contributed by atoms with van der Waals surface area (Å²) < 4.78 is 0. The zero-order valence-corrected chi connectivity index (χ0v) is 10.9. The maximum absolute atomic E-state index is 10.1. The summed E-state index contributed by atoms with van der Waals surface area (Å²) in [7, 11) is 0. The van der Waals surface area contributed by atoms with Crippen LogP contribution in [0.1, 0.15) is 0 Å². The Kier molecular flexibility index (Phi) is 6.49. The van der Waals surface area contributed by atoms with E-state index >= 15 is 0 Å². The van der Waals surface area contributed by atoms with Crippen LogP contribution in [0.3, 0.4) is 0 Å². The van der Waals surface area contributed by atoms with Gasteiger partial charge >= 0.3 is 58.2 Å². The zero-order chi connectivity index (χ0) is 6.69. The van der Waals surface area contributed by atoms with Crippen LogP contribution in [0.25, 0.3) is 0 Å². The Bertz CT molecular complexity index is 114. The van der Waals surface area contributed by atoms with Crippen LogP contribution in [-0.4, -0.2) is 31.6 Å². The summed E-state index contributed by atoms with van der Waals surface area (Å²) in [6.45, 7) is 2.02. The Morgan fingerprint density at radius 3 is 2.50 bits per heavy atom. The number of hydrogen-bond acceptors (Lipinski definition) is 4. The van der Waals surface area contributed by atoms with E-state index < -0.39 is 12.0 Å². The minimum atomic E-state index is -1.03. The molecule has 2 N–H and O–H groups in total. The third-order valence-corrected chi connectivity index (χ3v) is 1.33. The molecule has 10 heavy (non-hydrogen) atoms. The Hall–Kier alpha value is 1.20. The van der Waals surface area contributed by atoms with Gasteiger partial charge in [-0.1, -0.05) is 0 Å². The fraction of sp³-hybridized carbons (Fsp3) is 0.800. The number of carboxylic acids is 1. The van der Waals surface area contributed by atoms with Crippen molar-refractivity contribution in [3.05, 3.63) is 0 Å². The number of carboxylic acid groups (broad SMARTS) is 1. The van der Waals surface area contributed by atoms with Crippen LogP contribution in [0.4, 0.5) is 0 Å². The number of nitrogens with one attached hydrogen (secondary N) is 2. The average molecular weight is 215 g/mol. The topological polar surface area (TPSA) is 64.2 Å². The van der Waals surface area contributed by atoms with Gasteiger partial charge in [-0.15, -0.1) is 0 Å². The summed E-state index contributed by atoms with van der Waals surface area (Å²) >= 11 is 0. The van der Waals surface area contributed by atoms with Gasteiger partial charge < -0.3 is 20.5 Å². The van der Waals surface area contributed by atoms with Crippen LogP contribution in [0, 0.1) is 0 Å². The number of aliphatic carboxylic acids is 1. The molecule has 5 heteroatoms. The molecular weight excluding hydrogens is 206 g/mol.